The fourth-order valence-corrected chi connectivity index (χ4v) is 2.60. The number of rotatable bonds is 2. The monoisotopic (exact) mass is 287 g/mol. The molecule has 1 saturated carbocycles. The molecule has 1 aliphatic rings. The molecule has 4 heteroatoms. The lowest BCUT2D eigenvalue weighted by Gasteiger charge is -2.05. The van der Waals surface area contributed by atoms with E-state index < -0.39 is 0 Å². The maximum absolute atomic E-state index is 9.18. The van der Waals surface area contributed by atoms with Crippen LogP contribution in [0, 0.1) is 11.3 Å². The Labute approximate surface area is 107 Å². The minimum Gasteiger partial charge on any atom is -0.239 e. The number of pyridine rings is 1. The molecule has 1 aliphatic carbocycles. The van der Waals surface area contributed by atoms with Crippen molar-refractivity contribution in [3.63, 3.8) is 0 Å². The van der Waals surface area contributed by atoms with Crippen LogP contribution in [0.1, 0.15) is 24.1 Å². The summed E-state index contributed by atoms with van der Waals surface area (Å²) in [6.45, 7) is 3.73. The first-order valence-electron chi connectivity index (χ1n) is 5.42. The number of hydrogen-bond acceptors (Lipinski definition) is 2. The van der Waals surface area contributed by atoms with E-state index in [0.29, 0.717) is 0 Å². The van der Waals surface area contributed by atoms with Crippen molar-refractivity contribution in [3.8, 4) is 6.07 Å². The van der Waals surface area contributed by atoms with Gasteiger partial charge in [-0.1, -0.05) is 12.6 Å². The lowest BCUT2D eigenvalue weighted by molar-refractivity contribution is 0.860. The molecule has 0 unspecified atom stereocenters. The van der Waals surface area contributed by atoms with Crippen LogP contribution in [0.5, 0.6) is 0 Å². The van der Waals surface area contributed by atoms with Gasteiger partial charge in [0.25, 0.3) is 0 Å². The molecule has 17 heavy (non-hydrogen) atoms. The molecule has 2 aromatic heterocycles. The van der Waals surface area contributed by atoms with E-state index in [2.05, 4.69) is 33.7 Å². The number of aromatic nitrogens is 2. The minimum atomic E-state index is -0.263. The molecule has 3 rings (SSSR count). The Morgan fingerprint density at radius 3 is 2.88 bits per heavy atom. The van der Waals surface area contributed by atoms with Crippen LogP contribution >= 0.6 is 15.9 Å². The topological polar surface area (TPSA) is 41.1 Å². The molecule has 2 aromatic rings. The average Bonchev–Trinajstić information content (AvgIpc) is 3.10. The molecule has 3 nitrogen and oxygen atoms in total. The minimum absolute atomic E-state index is 0.263. The van der Waals surface area contributed by atoms with Gasteiger partial charge in [-0.2, -0.15) is 10.4 Å². The average molecular weight is 288 g/mol. The van der Waals surface area contributed by atoms with Crippen LogP contribution in [-0.2, 0) is 5.41 Å². The summed E-state index contributed by atoms with van der Waals surface area (Å²) < 4.78 is 2.76. The summed E-state index contributed by atoms with van der Waals surface area (Å²) in [4.78, 5) is 0. The molecule has 0 atom stereocenters. The summed E-state index contributed by atoms with van der Waals surface area (Å²) in [7, 11) is 0. The Balaban J connectivity index is 2.21. The van der Waals surface area contributed by atoms with Gasteiger partial charge in [-0.05, 0) is 46.5 Å². The second kappa shape index (κ2) is 3.44. The van der Waals surface area contributed by atoms with Gasteiger partial charge in [-0.25, -0.2) is 4.52 Å². The first kappa shape index (κ1) is 10.5. The molecule has 0 aromatic carbocycles. The maximum atomic E-state index is 9.18. The molecule has 0 radical (unpaired) electrons. The third-order valence-electron chi connectivity index (χ3n) is 3.30. The van der Waals surface area contributed by atoms with Crippen molar-refractivity contribution in [3.05, 3.63) is 40.6 Å². The highest BCUT2D eigenvalue weighted by Gasteiger charge is 2.45. The highest BCUT2D eigenvalue weighted by Crippen LogP contribution is 2.47. The smallest absolute Gasteiger partial charge is 0.0997 e. The third-order valence-corrected chi connectivity index (χ3v) is 4.12. The summed E-state index contributed by atoms with van der Waals surface area (Å²) in [5.41, 5.74) is 2.61. The number of nitriles is 1. The van der Waals surface area contributed by atoms with Gasteiger partial charge in [0.2, 0.25) is 0 Å². The van der Waals surface area contributed by atoms with Crippen LogP contribution in [0.3, 0.4) is 0 Å². The summed E-state index contributed by atoms with van der Waals surface area (Å²) in [6, 6.07) is 6.41. The fourth-order valence-electron chi connectivity index (χ4n) is 2.04. The molecule has 2 heterocycles. The zero-order chi connectivity index (χ0) is 12.0. The van der Waals surface area contributed by atoms with Crippen molar-refractivity contribution in [1.82, 2.24) is 9.61 Å². The Bertz CT molecular complexity index is 659. The summed E-state index contributed by atoms with van der Waals surface area (Å²) in [5, 5.41) is 13.6. The summed E-state index contributed by atoms with van der Waals surface area (Å²) >= 11 is 3.50. The molecule has 0 saturated heterocycles. The van der Waals surface area contributed by atoms with Crippen molar-refractivity contribution in [1.29, 1.82) is 5.26 Å². The quantitative estimate of drug-likeness (QED) is 0.850. The Morgan fingerprint density at radius 1 is 1.53 bits per heavy atom. The zero-order valence-electron chi connectivity index (χ0n) is 9.15. The van der Waals surface area contributed by atoms with Crippen LogP contribution in [0.25, 0.3) is 11.6 Å². The van der Waals surface area contributed by atoms with Gasteiger partial charge in [-0.3, -0.25) is 0 Å². The molecule has 0 spiro atoms. The van der Waals surface area contributed by atoms with Crippen molar-refractivity contribution < 1.29 is 0 Å². The second-order valence-electron chi connectivity index (χ2n) is 4.34. The molecule has 0 N–H and O–H groups in total. The van der Waals surface area contributed by atoms with Gasteiger partial charge in [-0.15, -0.1) is 0 Å². The van der Waals surface area contributed by atoms with E-state index in [1.165, 1.54) is 0 Å². The first-order valence-corrected chi connectivity index (χ1v) is 6.21. The molecule has 0 aliphatic heterocycles. The van der Waals surface area contributed by atoms with E-state index in [4.69, 9.17) is 0 Å². The maximum Gasteiger partial charge on any atom is 0.0997 e. The molecule has 0 bridgehead atoms. The first-order chi connectivity index (χ1) is 8.20. The van der Waals surface area contributed by atoms with Crippen molar-refractivity contribution >= 4 is 27.5 Å². The van der Waals surface area contributed by atoms with Crippen LogP contribution in [0.2, 0.25) is 0 Å². The molecular weight excluding hydrogens is 278 g/mol. The van der Waals surface area contributed by atoms with Gasteiger partial charge in [0.1, 0.15) is 0 Å². The van der Waals surface area contributed by atoms with Crippen LogP contribution < -0.4 is 0 Å². The zero-order valence-corrected chi connectivity index (χ0v) is 10.7. The second-order valence-corrected chi connectivity index (χ2v) is 5.14. The van der Waals surface area contributed by atoms with E-state index >= 15 is 0 Å². The Kier molecular flexibility index (Phi) is 2.14. The normalized spacial score (nSPS) is 16.7. The van der Waals surface area contributed by atoms with Gasteiger partial charge >= 0.3 is 0 Å². The highest BCUT2D eigenvalue weighted by atomic mass is 79.9. The summed E-state index contributed by atoms with van der Waals surface area (Å²) in [5.74, 6) is 0. The van der Waals surface area contributed by atoms with E-state index in [0.717, 1.165) is 34.1 Å². The molecular formula is C13H10BrN3. The van der Waals surface area contributed by atoms with Crippen LogP contribution in [-0.4, -0.2) is 9.61 Å². The van der Waals surface area contributed by atoms with E-state index in [1.54, 1.807) is 6.08 Å². The van der Waals surface area contributed by atoms with Crippen molar-refractivity contribution in [2.75, 3.05) is 0 Å². The van der Waals surface area contributed by atoms with E-state index in [1.807, 2.05) is 22.8 Å². The van der Waals surface area contributed by atoms with Gasteiger partial charge in [0.05, 0.1) is 27.2 Å². The van der Waals surface area contributed by atoms with Crippen molar-refractivity contribution in [2.24, 2.45) is 0 Å². The number of halogens is 1. The standard InChI is InChI=1S/C13H10BrN3/c1-2-10-12(14)11-4-3-9(7-17(11)16-10)13(8-15)5-6-13/h2-4,7H,1,5-6H2. The number of hydrogen-bond donors (Lipinski definition) is 0. The highest BCUT2D eigenvalue weighted by molar-refractivity contribution is 9.10. The number of nitrogens with zero attached hydrogens (tertiary/aromatic N) is 3. The summed E-state index contributed by atoms with van der Waals surface area (Å²) in [6.07, 6.45) is 5.56. The van der Waals surface area contributed by atoms with Crippen molar-refractivity contribution in [2.45, 2.75) is 18.3 Å². The lowest BCUT2D eigenvalue weighted by Crippen LogP contribution is -2.04. The van der Waals surface area contributed by atoms with Gasteiger partial charge in [0, 0.05) is 6.20 Å². The molecule has 0 amide bonds. The van der Waals surface area contributed by atoms with Crippen LogP contribution in [0.4, 0.5) is 0 Å². The molecule has 84 valence electrons. The van der Waals surface area contributed by atoms with Crippen LogP contribution in [0.15, 0.2) is 29.4 Å². The van der Waals surface area contributed by atoms with E-state index in [9.17, 15) is 5.26 Å². The predicted molar refractivity (Wildman–Crippen MR) is 69.5 cm³/mol. The molecule has 1 fully saturated rings. The Hall–Kier alpha value is -1.60. The van der Waals surface area contributed by atoms with Gasteiger partial charge in [0.15, 0.2) is 0 Å². The SMILES string of the molecule is C=Cc1nn2cc(C3(C#N)CC3)ccc2c1Br. The third kappa shape index (κ3) is 1.43. The Morgan fingerprint density at radius 2 is 2.29 bits per heavy atom. The van der Waals surface area contributed by atoms with Gasteiger partial charge < -0.3 is 0 Å². The lowest BCUT2D eigenvalue weighted by atomic mass is 10.00. The largest absolute Gasteiger partial charge is 0.239 e. The van der Waals surface area contributed by atoms with E-state index in [-0.39, 0.29) is 5.41 Å². The number of fused-ring (bicyclic) bond motifs is 1. The predicted octanol–water partition coefficient (Wildman–Crippen LogP) is 3.29. The fraction of sp³-hybridized carbons (Fsp3) is 0.231.